The molecule has 1 aromatic carbocycles. The summed E-state index contributed by atoms with van der Waals surface area (Å²) in [6.07, 6.45) is 7.68. The summed E-state index contributed by atoms with van der Waals surface area (Å²) in [4.78, 5) is 10.9. The largest absolute Gasteiger partial charge is 0.323 e. The van der Waals surface area contributed by atoms with Crippen LogP contribution in [0.1, 0.15) is 23.6 Å². The summed E-state index contributed by atoms with van der Waals surface area (Å²) in [7, 11) is 0. The lowest BCUT2D eigenvalue weighted by atomic mass is 10.1. The summed E-state index contributed by atoms with van der Waals surface area (Å²) >= 11 is 0. The quantitative estimate of drug-likeness (QED) is 0.691. The van der Waals surface area contributed by atoms with Gasteiger partial charge in [-0.1, -0.05) is 30.4 Å². The monoisotopic (exact) mass is 284 g/mol. The molecule has 0 atom stereocenters. The molecule has 0 spiro atoms. The van der Waals surface area contributed by atoms with Crippen molar-refractivity contribution in [2.24, 2.45) is 0 Å². The van der Waals surface area contributed by atoms with E-state index in [1.54, 1.807) is 6.08 Å². The van der Waals surface area contributed by atoms with Gasteiger partial charge in [0.05, 0.1) is 12.2 Å². The maximum absolute atomic E-state index is 10.9. The summed E-state index contributed by atoms with van der Waals surface area (Å²) in [6.45, 7) is 5.69. The number of hydroxylamine groups is 2. The van der Waals surface area contributed by atoms with Crippen molar-refractivity contribution in [1.29, 1.82) is 0 Å². The smallest absolute Gasteiger partial charge is 0.243 e. The van der Waals surface area contributed by atoms with Crippen molar-refractivity contribution in [2.75, 3.05) is 6.54 Å². The summed E-state index contributed by atoms with van der Waals surface area (Å²) in [6, 6.07) is 8.23. The zero-order valence-electron chi connectivity index (χ0n) is 12.6. The van der Waals surface area contributed by atoms with Crippen LogP contribution in [0.25, 0.3) is 11.8 Å². The highest BCUT2D eigenvalue weighted by atomic mass is 16.5. The normalized spacial score (nSPS) is 11.0. The van der Waals surface area contributed by atoms with Crippen LogP contribution in [0.3, 0.4) is 0 Å². The molecule has 4 heteroatoms. The number of nitrogens with zero attached hydrogens (tertiary/aromatic N) is 2. The van der Waals surface area contributed by atoms with Crippen LogP contribution in [0, 0.1) is 13.8 Å². The van der Waals surface area contributed by atoms with E-state index in [1.165, 1.54) is 23.7 Å². The molecule has 0 saturated carbocycles. The second-order valence-electron chi connectivity index (χ2n) is 5.10. The number of para-hydroxylation sites is 1. The Hall–Kier alpha value is -2.33. The number of hydrogen-bond donors (Lipinski definition) is 1. The van der Waals surface area contributed by atoms with Crippen molar-refractivity contribution < 1.29 is 10.0 Å². The van der Waals surface area contributed by atoms with E-state index in [9.17, 15) is 10.0 Å². The first-order chi connectivity index (χ1) is 9.99. The van der Waals surface area contributed by atoms with Gasteiger partial charge in [-0.25, -0.2) is 5.06 Å². The molecule has 110 valence electrons. The number of benzene rings is 1. The summed E-state index contributed by atoms with van der Waals surface area (Å²) in [5.41, 5.74) is 4.65. The topological polar surface area (TPSA) is 45.5 Å². The van der Waals surface area contributed by atoms with Crippen LogP contribution in [0.15, 0.2) is 42.7 Å². The molecule has 4 nitrogen and oxygen atoms in total. The Morgan fingerprint density at radius 1 is 1.29 bits per heavy atom. The molecular formula is C17H20N2O2. The van der Waals surface area contributed by atoms with Gasteiger partial charge in [-0.05, 0) is 36.6 Å². The second-order valence-corrected chi connectivity index (χ2v) is 5.10. The minimum absolute atomic E-state index is 0.184. The van der Waals surface area contributed by atoms with Gasteiger partial charge in [-0.15, -0.1) is 0 Å². The standard InChI is InChI=1S/C17H20N2O2/c1-13-6-4-7-14(2)17(13)18-11-9-16(12-18)8-5-10-19(21)15(3)20/h4-9,11-12,21H,10H2,1-3H3/b8-5+. The molecule has 1 amide bonds. The van der Waals surface area contributed by atoms with Gasteiger partial charge in [0.1, 0.15) is 0 Å². The lowest BCUT2D eigenvalue weighted by molar-refractivity contribution is -0.160. The molecule has 2 rings (SSSR count). The van der Waals surface area contributed by atoms with Crippen LogP contribution in [-0.4, -0.2) is 27.3 Å². The third-order valence-corrected chi connectivity index (χ3v) is 3.37. The molecule has 21 heavy (non-hydrogen) atoms. The van der Waals surface area contributed by atoms with Gasteiger partial charge in [0.2, 0.25) is 5.91 Å². The van der Waals surface area contributed by atoms with Gasteiger partial charge in [-0.2, -0.15) is 0 Å². The highest BCUT2D eigenvalue weighted by Gasteiger charge is 2.04. The summed E-state index contributed by atoms with van der Waals surface area (Å²) in [5, 5.41) is 9.97. The first-order valence-corrected chi connectivity index (χ1v) is 6.87. The Morgan fingerprint density at radius 2 is 1.95 bits per heavy atom. The van der Waals surface area contributed by atoms with Gasteiger partial charge < -0.3 is 4.57 Å². The first kappa shape index (κ1) is 15.1. The molecule has 0 fully saturated rings. The van der Waals surface area contributed by atoms with Crippen LogP contribution in [0.2, 0.25) is 0 Å². The van der Waals surface area contributed by atoms with Crippen molar-refractivity contribution >= 4 is 12.0 Å². The lowest BCUT2D eigenvalue weighted by Gasteiger charge is -2.10. The highest BCUT2D eigenvalue weighted by Crippen LogP contribution is 2.20. The van der Waals surface area contributed by atoms with Crippen LogP contribution in [0.5, 0.6) is 0 Å². The van der Waals surface area contributed by atoms with Gasteiger partial charge in [-0.3, -0.25) is 10.0 Å². The van der Waals surface area contributed by atoms with E-state index >= 15 is 0 Å². The lowest BCUT2D eigenvalue weighted by Crippen LogP contribution is -2.24. The van der Waals surface area contributed by atoms with Crippen molar-refractivity contribution in [3.05, 3.63) is 59.4 Å². The predicted molar refractivity (Wildman–Crippen MR) is 83.5 cm³/mol. The van der Waals surface area contributed by atoms with E-state index in [0.29, 0.717) is 5.06 Å². The number of aromatic nitrogens is 1. The molecular weight excluding hydrogens is 264 g/mol. The average Bonchev–Trinajstić information content (AvgIpc) is 2.87. The Balaban J connectivity index is 2.15. The van der Waals surface area contributed by atoms with E-state index in [0.717, 1.165) is 5.56 Å². The molecule has 0 aliphatic heterocycles. The fraction of sp³-hybridized carbons (Fsp3) is 0.235. The maximum atomic E-state index is 10.9. The Bertz CT molecular complexity index is 651. The molecule has 0 unspecified atom stereocenters. The third kappa shape index (κ3) is 3.61. The van der Waals surface area contributed by atoms with Gasteiger partial charge in [0.15, 0.2) is 0 Å². The number of rotatable bonds is 4. The number of carbonyl (C=O) groups excluding carboxylic acids is 1. The third-order valence-electron chi connectivity index (χ3n) is 3.37. The van der Waals surface area contributed by atoms with Gasteiger partial charge in [0.25, 0.3) is 0 Å². The second kappa shape index (κ2) is 6.41. The Labute approximate surface area is 124 Å². The summed E-state index contributed by atoms with van der Waals surface area (Å²) in [5.74, 6) is -0.368. The fourth-order valence-corrected chi connectivity index (χ4v) is 2.28. The average molecular weight is 284 g/mol. The molecule has 1 heterocycles. The van der Waals surface area contributed by atoms with Crippen LogP contribution >= 0.6 is 0 Å². The zero-order valence-corrected chi connectivity index (χ0v) is 12.6. The molecule has 0 aliphatic carbocycles. The Kier molecular flexibility index (Phi) is 4.60. The van der Waals surface area contributed by atoms with Crippen molar-refractivity contribution in [3.8, 4) is 5.69 Å². The fourth-order valence-electron chi connectivity index (χ4n) is 2.28. The molecule has 1 N–H and O–H groups in total. The van der Waals surface area contributed by atoms with E-state index < -0.39 is 0 Å². The molecule has 0 saturated heterocycles. The van der Waals surface area contributed by atoms with E-state index in [1.807, 2.05) is 24.5 Å². The molecule has 0 aliphatic rings. The maximum Gasteiger partial charge on any atom is 0.243 e. The Morgan fingerprint density at radius 3 is 2.57 bits per heavy atom. The van der Waals surface area contributed by atoms with E-state index in [2.05, 4.69) is 36.6 Å². The molecule has 1 aromatic heterocycles. The van der Waals surface area contributed by atoms with Crippen molar-refractivity contribution in [1.82, 2.24) is 9.63 Å². The van der Waals surface area contributed by atoms with E-state index in [4.69, 9.17) is 0 Å². The van der Waals surface area contributed by atoms with Crippen LogP contribution < -0.4 is 0 Å². The predicted octanol–water partition coefficient (Wildman–Crippen LogP) is 3.35. The SMILES string of the molecule is CC(=O)N(O)C/C=C/c1ccn(-c2c(C)cccc2C)c1. The number of hydrogen-bond acceptors (Lipinski definition) is 2. The minimum Gasteiger partial charge on any atom is -0.323 e. The van der Waals surface area contributed by atoms with Gasteiger partial charge in [0, 0.05) is 19.3 Å². The van der Waals surface area contributed by atoms with Crippen molar-refractivity contribution in [2.45, 2.75) is 20.8 Å². The minimum atomic E-state index is -0.368. The van der Waals surface area contributed by atoms with Crippen molar-refractivity contribution in [3.63, 3.8) is 0 Å². The molecule has 0 radical (unpaired) electrons. The zero-order chi connectivity index (χ0) is 15.4. The highest BCUT2D eigenvalue weighted by molar-refractivity contribution is 5.72. The molecule has 0 bridgehead atoms. The summed E-state index contributed by atoms with van der Waals surface area (Å²) < 4.78 is 2.09. The number of carbonyl (C=O) groups is 1. The van der Waals surface area contributed by atoms with Gasteiger partial charge >= 0.3 is 0 Å². The number of amides is 1. The molecule has 2 aromatic rings. The number of aryl methyl sites for hydroxylation is 2. The van der Waals surface area contributed by atoms with Crippen LogP contribution in [0.4, 0.5) is 0 Å². The van der Waals surface area contributed by atoms with E-state index in [-0.39, 0.29) is 12.5 Å². The van der Waals surface area contributed by atoms with Crippen LogP contribution in [-0.2, 0) is 4.79 Å². The first-order valence-electron chi connectivity index (χ1n) is 6.87.